The van der Waals surface area contributed by atoms with Crippen LogP contribution < -0.4 is 4.74 Å². The highest BCUT2D eigenvalue weighted by atomic mass is 35.5. The molecule has 0 atom stereocenters. The zero-order chi connectivity index (χ0) is 30.5. The predicted octanol–water partition coefficient (Wildman–Crippen LogP) is 9.46. The number of ether oxygens (including phenoxy) is 1. The number of Topliss-reactive ketones (excluding diaryl/α,β-unsaturated/α-hetero) is 2. The van der Waals surface area contributed by atoms with Crippen molar-refractivity contribution in [1.29, 1.82) is 0 Å². The van der Waals surface area contributed by atoms with Crippen LogP contribution in [-0.4, -0.2) is 16.5 Å². The first-order valence-corrected chi connectivity index (χ1v) is 15.7. The second kappa shape index (κ2) is 11.3. The molecule has 6 rings (SSSR count). The van der Waals surface area contributed by atoms with Gasteiger partial charge >= 0.3 is 0 Å². The Kier molecular flexibility index (Phi) is 7.81. The number of hydrogen-bond acceptors (Lipinski definition) is 4. The molecular formula is C37H37Cl2NO3. The van der Waals surface area contributed by atoms with Crippen LogP contribution in [0, 0.1) is 10.8 Å². The lowest BCUT2D eigenvalue weighted by atomic mass is 9.63. The highest BCUT2D eigenvalue weighted by molar-refractivity contribution is 6.32. The standard InChI is InChI=1S/C37H37Cl2NO3/c1-36(2)17-28-34(30(41)19-36)33(25-12-15-32(27(39)16-25)43-22-24-10-13-26(38)14-11-24)35-29(18-37(3,4)20-31(35)42)40(28)21-23-8-6-5-7-9-23/h5-16,33H,17-22H2,1-4H3. The Balaban J connectivity index is 1.45. The van der Waals surface area contributed by atoms with Crippen LogP contribution in [0.1, 0.15) is 76.0 Å². The molecule has 0 amide bonds. The molecule has 43 heavy (non-hydrogen) atoms. The minimum atomic E-state index is -0.452. The van der Waals surface area contributed by atoms with E-state index in [4.69, 9.17) is 27.9 Å². The lowest BCUT2D eigenvalue weighted by Crippen LogP contribution is -2.44. The van der Waals surface area contributed by atoms with E-state index >= 15 is 0 Å². The molecule has 6 heteroatoms. The fourth-order valence-electron chi connectivity index (χ4n) is 6.89. The molecule has 222 valence electrons. The molecule has 0 radical (unpaired) electrons. The molecule has 0 spiro atoms. The fourth-order valence-corrected chi connectivity index (χ4v) is 7.26. The predicted molar refractivity (Wildman–Crippen MR) is 172 cm³/mol. The summed E-state index contributed by atoms with van der Waals surface area (Å²) in [7, 11) is 0. The quantitative estimate of drug-likeness (QED) is 0.278. The number of halogens is 2. The maximum atomic E-state index is 14.1. The van der Waals surface area contributed by atoms with E-state index in [2.05, 4.69) is 44.7 Å². The molecule has 0 fully saturated rings. The first kappa shape index (κ1) is 29.7. The molecule has 4 nitrogen and oxygen atoms in total. The summed E-state index contributed by atoms with van der Waals surface area (Å²) in [4.78, 5) is 30.5. The van der Waals surface area contributed by atoms with Crippen molar-refractivity contribution in [3.8, 4) is 5.75 Å². The summed E-state index contributed by atoms with van der Waals surface area (Å²) in [5.41, 5.74) is 6.18. The molecule has 1 aliphatic heterocycles. The van der Waals surface area contributed by atoms with Gasteiger partial charge in [0.25, 0.3) is 0 Å². The third-order valence-corrected chi connectivity index (χ3v) is 9.35. The Morgan fingerprint density at radius 3 is 1.88 bits per heavy atom. The number of hydrogen-bond donors (Lipinski definition) is 0. The average Bonchev–Trinajstić information content (AvgIpc) is 2.93. The minimum absolute atomic E-state index is 0.109. The number of allylic oxidation sites excluding steroid dienone is 4. The summed E-state index contributed by atoms with van der Waals surface area (Å²) in [6, 6.07) is 23.5. The maximum absolute atomic E-state index is 14.1. The summed E-state index contributed by atoms with van der Waals surface area (Å²) in [5, 5.41) is 1.12. The zero-order valence-corrected chi connectivity index (χ0v) is 26.7. The number of carbonyl (C=O) groups excluding carboxylic acids is 2. The van der Waals surface area contributed by atoms with Crippen LogP contribution in [0.5, 0.6) is 5.75 Å². The number of nitrogens with zero attached hydrogens (tertiary/aromatic N) is 1. The van der Waals surface area contributed by atoms with Crippen molar-refractivity contribution < 1.29 is 14.3 Å². The summed E-state index contributed by atoms with van der Waals surface area (Å²) >= 11 is 12.9. The third kappa shape index (κ3) is 6.05. The van der Waals surface area contributed by atoms with E-state index in [-0.39, 0.29) is 22.4 Å². The van der Waals surface area contributed by atoms with E-state index in [1.165, 1.54) is 0 Å². The van der Waals surface area contributed by atoms with Crippen LogP contribution in [0.25, 0.3) is 0 Å². The Morgan fingerprint density at radius 1 is 0.744 bits per heavy atom. The van der Waals surface area contributed by atoms with Crippen molar-refractivity contribution in [1.82, 2.24) is 4.90 Å². The topological polar surface area (TPSA) is 46.6 Å². The molecule has 3 aromatic carbocycles. The zero-order valence-electron chi connectivity index (χ0n) is 25.2. The van der Waals surface area contributed by atoms with Gasteiger partial charge in [0, 0.05) is 52.9 Å². The van der Waals surface area contributed by atoms with Gasteiger partial charge in [-0.25, -0.2) is 0 Å². The maximum Gasteiger partial charge on any atom is 0.162 e. The number of rotatable bonds is 6. The van der Waals surface area contributed by atoms with Crippen molar-refractivity contribution in [2.45, 2.75) is 72.4 Å². The van der Waals surface area contributed by atoms with E-state index < -0.39 is 5.92 Å². The lowest BCUT2D eigenvalue weighted by molar-refractivity contribution is -0.119. The molecule has 0 aromatic heterocycles. The summed E-state index contributed by atoms with van der Waals surface area (Å²) in [5.74, 6) is 0.319. The normalized spacial score (nSPS) is 19.8. The molecule has 1 heterocycles. The van der Waals surface area contributed by atoms with Gasteiger partial charge in [0.2, 0.25) is 0 Å². The lowest BCUT2D eigenvalue weighted by Gasteiger charge is -2.49. The van der Waals surface area contributed by atoms with Gasteiger partial charge in [-0.2, -0.15) is 0 Å². The number of ketones is 2. The minimum Gasteiger partial charge on any atom is -0.487 e. The fraction of sp³-hybridized carbons (Fsp3) is 0.351. The van der Waals surface area contributed by atoms with Gasteiger partial charge in [0.1, 0.15) is 12.4 Å². The molecule has 3 aliphatic rings. The van der Waals surface area contributed by atoms with Crippen LogP contribution in [0.15, 0.2) is 95.3 Å². The number of carbonyl (C=O) groups is 2. The van der Waals surface area contributed by atoms with E-state index in [0.717, 1.165) is 52.1 Å². The van der Waals surface area contributed by atoms with E-state index in [9.17, 15) is 9.59 Å². The Hall–Kier alpha value is -3.34. The average molecular weight is 615 g/mol. The Morgan fingerprint density at radius 2 is 1.33 bits per heavy atom. The first-order chi connectivity index (χ1) is 20.4. The van der Waals surface area contributed by atoms with Crippen LogP contribution >= 0.6 is 23.2 Å². The SMILES string of the molecule is CC1(C)CC(=O)C2=C(C1)N(Cc1ccccc1)C1=C(C(=O)CC(C)(C)C1)C2c1ccc(OCc2ccc(Cl)cc2)c(Cl)c1. The molecule has 3 aromatic rings. The molecule has 0 saturated heterocycles. The second-order valence-corrected chi connectivity index (χ2v) is 14.6. The smallest absolute Gasteiger partial charge is 0.162 e. The van der Waals surface area contributed by atoms with Crippen LogP contribution in [0.3, 0.4) is 0 Å². The molecule has 2 aliphatic carbocycles. The summed E-state index contributed by atoms with van der Waals surface area (Å²) in [6.07, 6.45) is 2.41. The molecule has 0 unspecified atom stereocenters. The van der Waals surface area contributed by atoms with Gasteiger partial charge in [-0.15, -0.1) is 0 Å². The van der Waals surface area contributed by atoms with Crippen molar-refractivity contribution in [3.05, 3.63) is 122 Å². The van der Waals surface area contributed by atoms with Gasteiger partial charge in [0.15, 0.2) is 11.6 Å². The van der Waals surface area contributed by atoms with Crippen LogP contribution in [-0.2, 0) is 22.7 Å². The highest BCUT2D eigenvalue weighted by Crippen LogP contribution is 2.55. The van der Waals surface area contributed by atoms with Crippen molar-refractivity contribution in [2.75, 3.05) is 0 Å². The molecule has 0 N–H and O–H groups in total. The molecular weight excluding hydrogens is 577 g/mol. The van der Waals surface area contributed by atoms with Crippen molar-refractivity contribution in [2.24, 2.45) is 10.8 Å². The van der Waals surface area contributed by atoms with Crippen LogP contribution in [0.4, 0.5) is 0 Å². The monoisotopic (exact) mass is 613 g/mol. The summed E-state index contributed by atoms with van der Waals surface area (Å²) < 4.78 is 6.06. The highest BCUT2D eigenvalue weighted by Gasteiger charge is 2.49. The molecule has 0 bridgehead atoms. The van der Waals surface area contributed by atoms with Gasteiger partial charge in [0.05, 0.1) is 5.02 Å². The van der Waals surface area contributed by atoms with Gasteiger partial charge in [-0.3, -0.25) is 9.59 Å². The third-order valence-electron chi connectivity index (χ3n) is 8.80. The summed E-state index contributed by atoms with van der Waals surface area (Å²) in [6.45, 7) is 9.61. The largest absolute Gasteiger partial charge is 0.487 e. The van der Waals surface area contributed by atoms with Crippen molar-refractivity contribution >= 4 is 34.8 Å². The van der Waals surface area contributed by atoms with E-state index in [0.29, 0.717) is 41.8 Å². The number of benzene rings is 3. The Labute approximate surface area is 264 Å². The Bertz CT molecular complexity index is 1600. The van der Waals surface area contributed by atoms with Crippen LogP contribution in [0.2, 0.25) is 10.0 Å². The van der Waals surface area contributed by atoms with E-state index in [1.807, 2.05) is 60.7 Å². The van der Waals surface area contributed by atoms with Gasteiger partial charge in [-0.1, -0.05) is 99.4 Å². The second-order valence-electron chi connectivity index (χ2n) is 13.7. The molecule has 0 saturated carbocycles. The van der Waals surface area contributed by atoms with E-state index in [1.54, 1.807) is 0 Å². The van der Waals surface area contributed by atoms with Gasteiger partial charge in [-0.05, 0) is 64.6 Å². The van der Waals surface area contributed by atoms with Gasteiger partial charge < -0.3 is 9.64 Å². The first-order valence-electron chi connectivity index (χ1n) is 14.9. The van der Waals surface area contributed by atoms with Crippen molar-refractivity contribution in [3.63, 3.8) is 0 Å².